The van der Waals surface area contributed by atoms with Crippen molar-refractivity contribution in [3.63, 3.8) is 0 Å². The van der Waals surface area contributed by atoms with Crippen LogP contribution >= 0.6 is 11.6 Å². The van der Waals surface area contributed by atoms with Gasteiger partial charge in [0.25, 0.3) is 0 Å². The monoisotopic (exact) mass is 300 g/mol. The maximum absolute atomic E-state index is 11.6. The van der Waals surface area contributed by atoms with Crippen LogP contribution in [-0.4, -0.2) is 28.7 Å². The molecule has 0 unspecified atom stereocenters. The molecule has 1 aromatic heterocycles. The van der Waals surface area contributed by atoms with Crippen LogP contribution in [0.25, 0.3) is 0 Å². The number of anilines is 1. The summed E-state index contributed by atoms with van der Waals surface area (Å²) in [6.45, 7) is 5.31. The third-order valence-corrected chi connectivity index (χ3v) is 2.11. The van der Waals surface area contributed by atoms with Crippen LogP contribution in [0.5, 0.6) is 0 Å². The highest BCUT2D eigenvalue weighted by molar-refractivity contribution is 6.17. The molecule has 20 heavy (non-hydrogen) atoms. The number of nitrogens with zero attached hydrogens (tertiary/aromatic N) is 1. The van der Waals surface area contributed by atoms with Crippen molar-refractivity contribution >= 4 is 29.4 Å². The number of hydrogen-bond acceptors (Lipinski definition) is 5. The summed E-state index contributed by atoms with van der Waals surface area (Å²) in [5.41, 5.74) is 0.376. The third-order valence-electron chi connectivity index (χ3n) is 2.00. The van der Waals surface area contributed by atoms with Gasteiger partial charge in [0.2, 0.25) is 0 Å². The van der Waals surface area contributed by atoms with Crippen molar-refractivity contribution in [1.29, 1.82) is 0 Å². The molecule has 0 aliphatic heterocycles. The Hall–Kier alpha value is -1.82. The van der Waals surface area contributed by atoms with Gasteiger partial charge in [0.15, 0.2) is 6.07 Å². The molecule has 0 spiro atoms. The molecule has 0 saturated carbocycles. The van der Waals surface area contributed by atoms with Gasteiger partial charge in [0.1, 0.15) is 5.60 Å². The lowest BCUT2D eigenvalue weighted by atomic mass is 10.2. The Labute approximate surface area is 122 Å². The maximum atomic E-state index is 11.6. The van der Waals surface area contributed by atoms with Crippen molar-refractivity contribution < 1.29 is 19.1 Å². The Morgan fingerprint density at radius 2 is 2.10 bits per heavy atom. The van der Waals surface area contributed by atoms with E-state index in [-0.39, 0.29) is 12.5 Å². The second kappa shape index (κ2) is 7.09. The van der Waals surface area contributed by atoms with Gasteiger partial charge in [0.05, 0.1) is 12.1 Å². The van der Waals surface area contributed by atoms with E-state index in [2.05, 4.69) is 15.0 Å². The highest BCUT2D eigenvalue weighted by Gasteiger charge is 2.16. The molecule has 0 aliphatic carbocycles. The van der Waals surface area contributed by atoms with Gasteiger partial charge in [-0.25, -0.2) is 4.79 Å². The molecule has 1 aromatic rings. The van der Waals surface area contributed by atoms with E-state index in [1.165, 1.54) is 6.20 Å². The van der Waals surface area contributed by atoms with Crippen LogP contribution in [0.3, 0.4) is 0 Å². The number of carbonyl (C=O) groups excluding carboxylic acids is 2. The number of hydrogen-bond donors (Lipinski definition) is 1. The fourth-order valence-corrected chi connectivity index (χ4v) is 1.46. The average Bonchev–Trinajstić information content (AvgIpc) is 2.26. The lowest BCUT2D eigenvalue weighted by molar-refractivity contribution is -0.140. The number of amides is 1. The van der Waals surface area contributed by atoms with E-state index in [1.54, 1.807) is 32.9 Å². The van der Waals surface area contributed by atoms with Gasteiger partial charge in [-0.1, -0.05) is 11.6 Å². The van der Waals surface area contributed by atoms with Gasteiger partial charge in [-0.2, -0.15) is 0 Å². The van der Waals surface area contributed by atoms with Crippen LogP contribution in [0.15, 0.2) is 18.3 Å². The summed E-state index contributed by atoms with van der Waals surface area (Å²) in [6.07, 6.45) is 0.894. The quantitative estimate of drug-likeness (QED) is 0.683. The highest BCUT2D eigenvalue weighted by atomic mass is 35.5. The molecule has 0 aromatic carbocycles. The molecule has 1 N–H and O–H groups in total. The van der Waals surface area contributed by atoms with Gasteiger partial charge in [0, 0.05) is 11.9 Å². The maximum Gasteiger partial charge on any atom is 0.412 e. The standard InChI is InChI=1S/C13H17ClN2O4/c1-13(2,3)20-12(18)16-9-4-5-15-10(6-9)7-11(17)19-8-14/h4-6H,7-8H2,1-3H3,(H,15,16,18). The molecule has 0 saturated heterocycles. The number of rotatable bonds is 4. The molecule has 1 rings (SSSR count). The second-order valence-electron chi connectivity index (χ2n) is 4.96. The Bertz CT molecular complexity index is 486. The first-order chi connectivity index (χ1) is 9.30. The van der Waals surface area contributed by atoms with Gasteiger partial charge in [-0.15, -0.1) is 0 Å². The Kier molecular flexibility index (Phi) is 5.76. The Morgan fingerprint density at radius 1 is 1.40 bits per heavy atom. The van der Waals surface area contributed by atoms with E-state index in [0.29, 0.717) is 11.4 Å². The van der Waals surface area contributed by atoms with Crippen molar-refractivity contribution in [2.75, 3.05) is 11.4 Å². The fourth-order valence-electron chi connectivity index (χ4n) is 1.33. The number of pyridine rings is 1. The molecular formula is C13H17ClN2O4. The van der Waals surface area contributed by atoms with Crippen molar-refractivity contribution in [3.8, 4) is 0 Å². The van der Waals surface area contributed by atoms with Crippen molar-refractivity contribution in [2.24, 2.45) is 0 Å². The summed E-state index contributed by atoms with van der Waals surface area (Å²) in [5, 5.41) is 2.56. The molecule has 0 aliphatic rings. The van der Waals surface area contributed by atoms with Crippen LogP contribution in [0.2, 0.25) is 0 Å². The van der Waals surface area contributed by atoms with E-state index in [1.807, 2.05) is 0 Å². The number of halogens is 1. The van der Waals surface area contributed by atoms with Gasteiger partial charge in [-0.3, -0.25) is 15.1 Å². The van der Waals surface area contributed by atoms with Gasteiger partial charge < -0.3 is 9.47 Å². The lowest BCUT2D eigenvalue weighted by Gasteiger charge is -2.19. The summed E-state index contributed by atoms with van der Waals surface area (Å²) in [4.78, 5) is 26.9. The molecular weight excluding hydrogens is 284 g/mol. The molecule has 7 heteroatoms. The first-order valence-electron chi connectivity index (χ1n) is 5.96. The lowest BCUT2D eigenvalue weighted by Crippen LogP contribution is -2.27. The van der Waals surface area contributed by atoms with Crippen molar-refractivity contribution in [3.05, 3.63) is 24.0 Å². The van der Waals surface area contributed by atoms with E-state index < -0.39 is 17.7 Å². The normalized spacial score (nSPS) is 10.8. The first-order valence-corrected chi connectivity index (χ1v) is 6.50. The number of aromatic nitrogens is 1. The number of ether oxygens (including phenoxy) is 2. The summed E-state index contributed by atoms with van der Waals surface area (Å²) in [7, 11) is 0. The summed E-state index contributed by atoms with van der Waals surface area (Å²) in [5.74, 6) is -0.484. The van der Waals surface area contributed by atoms with E-state index in [4.69, 9.17) is 16.3 Å². The molecule has 1 amide bonds. The third kappa shape index (κ3) is 6.38. The number of alkyl halides is 1. The van der Waals surface area contributed by atoms with E-state index in [0.717, 1.165) is 0 Å². The van der Waals surface area contributed by atoms with Crippen molar-refractivity contribution in [2.45, 2.75) is 32.8 Å². The van der Waals surface area contributed by atoms with Crippen molar-refractivity contribution in [1.82, 2.24) is 4.98 Å². The predicted molar refractivity (Wildman–Crippen MR) is 74.6 cm³/mol. The number of carbonyl (C=O) groups is 2. The highest BCUT2D eigenvalue weighted by Crippen LogP contribution is 2.12. The number of esters is 1. The molecule has 110 valence electrons. The second-order valence-corrected chi connectivity index (χ2v) is 5.18. The van der Waals surface area contributed by atoms with E-state index >= 15 is 0 Å². The van der Waals surface area contributed by atoms with Crippen LogP contribution in [0.4, 0.5) is 10.5 Å². The summed E-state index contributed by atoms with van der Waals surface area (Å²) >= 11 is 5.29. The molecule has 0 bridgehead atoms. The topological polar surface area (TPSA) is 77.5 Å². The minimum absolute atomic E-state index is 0.0173. The smallest absolute Gasteiger partial charge is 0.412 e. The Morgan fingerprint density at radius 3 is 2.70 bits per heavy atom. The van der Waals surface area contributed by atoms with Crippen LogP contribution in [0, 0.1) is 0 Å². The number of nitrogens with one attached hydrogen (secondary N) is 1. The fraction of sp³-hybridized carbons (Fsp3) is 0.462. The Balaban J connectivity index is 2.64. The summed E-state index contributed by atoms with van der Waals surface area (Å²) in [6, 6.07) is 2.97. The predicted octanol–water partition coefficient (Wildman–Crippen LogP) is 2.71. The molecule has 0 fully saturated rings. The summed E-state index contributed by atoms with van der Waals surface area (Å²) < 4.78 is 9.73. The molecule has 6 nitrogen and oxygen atoms in total. The molecule has 1 heterocycles. The van der Waals surface area contributed by atoms with Crippen LogP contribution in [-0.2, 0) is 20.7 Å². The average molecular weight is 301 g/mol. The first kappa shape index (κ1) is 16.2. The SMILES string of the molecule is CC(C)(C)OC(=O)Nc1ccnc(CC(=O)OCCl)c1. The minimum atomic E-state index is -0.579. The molecule has 0 radical (unpaired) electrons. The van der Waals surface area contributed by atoms with E-state index in [9.17, 15) is 9.59 Å². The zero-order valence-corrected chi connectivity index (χ0v) is 12.4. The van der Waals surface area contributed by atoms with Gasteiger partial charge >= 0.3 is 12.1 Å². The van der Waals surface area contributed by atoms with Crippen LogP contribution < -0.4 is 5.32 Å². The van der Waals surface area contributed by atoms with Crippen LogP contribution in [0.1, 0.15) is 26.5 Å². The largest absolute Gasteiger partial charge is 0.449 e. The zero-order valence-electron chi connectivity index (χ0n) is 11.6. The minimum Gasteiger partial charge on any atom is -0.449 e. The van der Waals surface area contributed by atoms with Gasteiger partial charge in [-0.05, 0) is 32.9 Å². The zero-order chi connectivity index (χ0) is 15.2. The molecule has 0 atom stereocenters.